The van der Waals surface area contributed by atoms with E-state index < -0.39 is 0 Å². The van der Waals surface area contributed by atoms with Crippen LogP contribution in [0.4, 0.5) is 4.39 Å². The summed E-state index contributed by atoms with van der Waals surface area (Å²) in [7, 11) is 0. The fraction of sp³-hybridized carbons (Fsp3) is 0.294. The van der Waals surface area contributed by atoms with E-state index >= 15 is 0 Å². The summed E-state index contributed by atoms with van der Waals surface area (Å²) in [5, 5.41) is 0. The number of hydrogen-bond acceptors (Lipinski definition) is 3. The zero-order valence-corrected chi connectivity index (χ0v) is 12.3. The standard InChI is InChI=1S/C17H21FN2O/c1-12(2)21-16-8-6-14(7-9-16)17(20-19)11-13-4-3-5-15(18)10-13/h3-10,12,17,20H,11,19H2,1-2H3. The number of benzene rings is 2. The highest BCUT2D eigenvalue weighted by Gasteiger charge is 2.11. The van der Waals surface area contributed by atoms with Crippen molar-refractivity contribution in [3.8, 4) is 5.75 Å². The molecule has 1 atom stereocenters. The molecule has 112 valence electrons. The number of halogens is 1. The molecule has 21 heavy (non-hydrogen) atoms. The smallest absolute Gasteiger partial charge is 0.123 e. The minimum Gasteiger partial charge on any atom is -0.491 e. The SMILES string of the molecule is CC(C)Oc1ccc(C(Cc2cccc(F)c2)NN)cc1. The van der Waals surface area contributed by atoms with Crippen molar-refractivity contribution in [1.29, 1.82) is 0 Å². The van der Waals surface area contributed by atoms with Gasteiger partial charge in [0.1, 0.15) is 11.6 Å². The van der Waals surface area contributed by atoms with Gasteiger partial charge in [-0.25, -0.2) is 4.39 Å². The van der Waals surface area contributed by atoms with Crippen molar-refractivity contribution >= 4 is 0 Å². The van der Waals surface area contributed by atoms with Gasteiger partial charge in [0.15, 0.2) is 0 Å². The Balaban J connectivity index is 2.10. The van der Waals surface area contributed by atoms with Crippen molar-refractivity contribution < 1.29 is 9.13 Å². The quantitative estimate of drug-likeness (QED) is 0.633. The maximum Gasteiger partial charge on any atom is 0.123 e. The van der Waals surface area contributed by atoms with Crippen LogP contribution < -0.4 is 16.0 Å². The van der Waals surface area contributed by atoms with E-state index in [0.29, 0.717) is 6.42 Å². The Morgan fingerprint density at radius 3 is 2.43 bits per heavy atom. The van der Waals surface area contributed by atoms with Gasteiger partial charge in [0.2, 0.25) is 0 Å². The van der Waals surface area contributed by atoms with Crippen LogP contribution in [0.5, 0.6) is 5.75 Å². The Bertz CT molecular complexity index is 569. The molecular weight excluding hydrogens is 267 g/mol. The highest BCUT2D eigenvalue weighted by Crippen LogP contribution is 2.21. The molecule has 2 rings (SSSR count). The van der Waals surface area contributed by atoms with Crippen molar-refractivity contribution in [3.63, 3.8) is 0 Å². The van der Waals surface area contributed by atoms with Crippen LogP contribution in [0, 0.1) is 5.82 Å². The molecule has 0 amide bonds. The minimum absolute atomic E-state index is 0.0695. The molecular formula is C17H21FN2O. The summed E-state index contributed by atoms with van der Waals surface area (Å²) in [6.45, 7) is 3.98. The molecule has 0 saturated carbocycles. The second-order valence-corrected chi connectivity index (χ2v) is 5.29. The van der Waals surface area contributed by atoms with Crippen LogP contribution in [0.15, 0.2) is 48.5 Å². The molecule has 0 bridgehead atoms. The number of hydrazine groups is 1. The second-order valence-electron chi connectivity index (χ2n) is 5.29. The van der Waals surface area contributed by atoms with E-state index in [-0.39, 0.29) is 18.0 Å². The molecule has 0 aromatic heterocycles. The van der Waals surface area contributed by atoms with Gasteiger partial charge in [0.25, 0.3) is 0 Å². The van der Waals surface area contributed by atoms with Crippen molar-refractivity contribution in [3.05, 3.63) is 65.5 Å². The first-order valence-corrected chi connectivity index (χ1v) is 7.05. The van der Waals surface area contributed by atoms with E-state index in [1.54, 1.807) is 6.07 Å². The van der Waals surface area contributed by atoms with Crippen LogP contribution in [-0.4, -0.2) is 6.10 Å². The third-order valence-electron chi connectivity index (χ3n) is 3.18. The Morgan fingerprint density at radius 2 is 1.86 bits per heavy atom. The van der Waals surface area contributed by atoms with Crippen LogP contribution in [0.2, 0.25) is 0 Å². The van der Waals surface area contributed by atoms with Crippen LogP contribution in [0.3, 0.4) is 0 Å². The van der Waals surface area contributed by atoms with Gasteiger partial charge in [-0.15, -0.1) is 0 Å². The minimum atomic E-state index is -0.232. The molecule has 3 N–H and O–H groups in total. The third kappa shape index (κ3) is 4.55. The van der Waals surface area contributed by atoms with Crippen molar-refractivity contribution in [2.75, 3.05) is 0 Å². The fourth-order valence-corrected chi connectivity index (χ4v) is 2.22. The zero-order chi connectivity index (χ0) is 15.2. The fourth-order valence-electron chi connectivity index (χ4n) is 2.22. The van der Waals surface area contributed by atoms with Crippen LogP contribution in [0.25, 0.3) is 0 Å². The maximum absolute atomic E-state index is 13.2. The van der Waals surface area contributed by atoms with E-state index in [1.165, 1.54) is 12.1 Å². The highest BCUT2D eigenvalue weighted by molar-refractivity contribution is 5.30. The monoisotopic (exact) mass is 288 g/mol. The largest absolute Gasteiger partial charge is 0.491 e. The maximum atomic E-state index is 13.2. The average molecular weight is 288 g/mol. The molecule has 0 heterocycles. The number of nitrogens with two attached hydrogens (primary N) is 1. The van der Waals surface area contributed by atoms with Crippen LogP contribution in [-0.2, 0) is 6.42 Å². The van der Waals surface area contributed by atoms with Crippen LogP contribution in [0.1, 0.15) is 31.0 Å². The zero-order valence-electron chi connectivity index (χ0n) is 12.3. The third-order valence-corrected chi connectivity index (χ3v) is 3.18. The summed E-state index contributed by atoms with van der Waals surface area (Å²) in [6.07, 6.45) is 0.769. The van der Waals surface area contributed by atoms with Gasteiger partial charge < -0.3 is 4.74 Å². The number of nitrogens with one attached hydrogen (secondary N) is 1. The predicted molar refractivity (Wildman–Crippen MR) is 82.4 cm³/mol. The summed E-state index contributed by atoms with van der Waals surface area (Å²) in [6, 6.07) is 14.3. The highest BCUT2D eigenvalue weighted by atomic mass is 19.1. The van der Waals surface area contributed by atoms with E-state index in [4.69, 9.17) is 10.6 Å². The Kier molecular flexibility index (Phi) is 5.31. The predicted octanol–water partition coefficient (Wildman–Crippen LogP) is 3.36. The molecule has 4 heteroatoms. The van der Waals surface area contributed by atoms with Gasteiger partial charge in [-0.2, -0.15) is 0 Å². The first-order chi connectivity index (χ1) is 10.1. The van der Waals surface area contributed by atoms with Crippen LogP contribution >= 0.6 is 0 Å². The Morgan fingerprint density at radius 1 is 1.14 bits per heavy atom. The van der Waals surface area contributed by atoms with Gasteiger partial charge in [-0.3, -0.25) is 11.3 Å². The number of rotatable bonds is 6. The Hall–Kier alpha value is -1.91. The lowest BCUT2D eigenvalue weighted by molar-refractivity contribution is 0.242. The van der Waals surface area contributed by atoms with Gasteiger partial charge in [0, 0.05) is 6.04 Å². The van der Waals surface area contributed by atoms with E-state index in [1.807, 2.05) is 44.2 Å². The molecule has 0 aliphatic carbocycles. The lowest BCUT2D eigenvalue weighted by atomic mass is 9.99. The lowest BCUT2D eigenvalue weighted by Crippen LogP contribution is -2.29. The van der Waals surface area contributed by atoms with Crippen molar-refractivity contribution in [2.45, 2.75) is 32.4 Å². The lowest BCUT2D eigenvalue weighted by Gasteiger charge is -2.17. The molecule has 1 unspecified atom stereocenters. The first-order valence-electron chi connectivity index (χ1n) is 7.05. The van der Waals surface area contributed by atoms with Crippen molar-refractivity contribution in [1.82, 2.24) is 5.43 Å². The molecule has 0 aliphatic rings. The van der Waals surface area contributed by atoms with Crippen molar-refractivity contribution in [2.24, 2.45) is 5.84 Å². The molecule has 0 aliphatic heterocycles. The second kappa shape index (κ2) is 7.20. The van der Waals surface area contributed by atoms with E-state index in [2.05, 4.69) is 5.43 Å². The number of hydrogen-bond donors (Lipinski definition) is 2. The molecule has 3 nitrogen and oxygen atoms in total. The van der Waals surface area contributed by atoms with E-state index in [9.17, 15) is 4.39 Å². The summed E-state index contributed by atoms with van der Waals surface area (Å²) < 4.78 is 18.8. The molecule has 0 fully saturated rings. The molecule has 2 aromatic rings. The Labute approximate surface area is 124 Å². The van der Waals surface area contributed by atoms with E-state index in [0.717, 1.165) is 16.9 Å². The van der Waals surface area contributed by atoms with Gasteiger partial charge in [-0.05, 0) is 55.7 Å². The first kappa shape index (κ1) is 15.5. The molecule has 0 radical (unpaired) electrons. The van der Waals surface area contributed by atoms with Gasteiger partial charge in [0.05, 0.1) is 6.10 Å². The molecule has 0 saturated heterocycles. The molecule has 2 aromatic carbocycles. The topological polar surface area (TPSA) is 47.3 Å². The van der Waals surface area contributed by atoms with Gasteiger partial charge in [-0.1, -0.05) is 24.3 Å². The molecule has 0 spiro atoms. The summed E-state index contributed by atoms with van der Waals surface area (Å²) in [4.78, 5) is 0. The normalized spacial score (nSPS) is 12.4. The van der Waals surface area contributed by atoms with Gasteiger partial charge >= 0.3 is 0 Å². The summed E-state index contributed by atoms with van der Waals surface area (Å²) in [5.74, 6) is 6.23. The number of ether oxygens (including phenoxy) is 1. The average Bonchev–Trinajstić information content (AvgIpc) is 2.45. The summed E-state index contributed by atoms with van der Waals surface area (Å²) in [5.41, 5.74) is 4.73. The summed E-state index contributed by atoms with van der Waals surface area (Å²) >= 11 is 0.